The molecule has 3 rings (SSSR count). The number of carbonyl (C=O) groups is 1. The molecule has 25 heavy (non-hydrogen) atoms. The van der Waals surface area contributed by atoms with E-state index in [1.54, 1.807) is 24.4 Å². The monoisotopic (exact) mass is 350 g/mol. The topological polar surface area (TPSA) is 58.1 Å². The maximum Gasteiger partial charge on any atom is 0.433 e. The predicted molar refractivity (Wildman–Crippen MR) is 86.2 cm³/mol. The van der Waals surface area contributed by atoms with Crippen LogP contribution in [0.3, 0.4) is 0 Å². The Morgan fingerprint density at radius 2 is 1.92 bits per heavy atom. The second-order valence-corrected chi connectivity index (χ2v) is 5.86. The number of aromatic nitrogens is 2. The molecule has 3 heterocycles. The van der Waals surface area contributed by atoms with Gasteiger partial charge in [0.1, 0.15) is 11.5 Å². The van der Waals surface area contributed by atoms with E-state index in [0.29, 0.717) is 37.3 Å². The van der Waals surface area contributed by atoms with Crippen molar-refractivity contribution in [2.45, 2.75) is 25.1 Å². The van der Waals surface area contributed by atoms with Crippen molar-refractivity contribution < 1.29 is 18.0 Å². The lowest BCUT2D eigenvalue weighted by Crippen LogP contribution is -2.45. The number of halogens is 3. The predicted octanol–water partition coefficient (Wildman–Crippen LogP) is 2.89. The van der Waals surface area contributed by atoms with Crippen LogP contribution in [0.4, 0.5) is 19.0 Å². The minimum absolute atomic E-state index is 0.0187. The van der Waals surface area contributed by atoms with E-state index in [0.717, 1.165) is 6.07 Å². The van der Waals surface area contributed by atoms with Crippen LogP contribution in [0, 0.1) is 0 Å². The Kier molecular flexibility index (Phi) is 4.87. The molecule has 132 valence electrons. The van der Waals surface area contributed by atoms with Gasteiger partial charge < -0.3 is 10.2 Å². The molecule has 2 aromatic rings. The fourth-order valence-corrected chi connectivity index (χ4v) is 2.78. The van der Waals surface area contributed by atoms with E-state index in [2.05, 4.69) is 15.3 Å². The highest BCUT2D eigenvalue weighted by atomic mass is 19.4. The molecule has 0 atom stereocenters. The number of nitrogens with one attached hydrogen (secondary N) is 1. The Labute approximate surface area is 142 Å². The zero-order valence-electron chi connectivity index (χ0n) is 13.3. The molecule has 5 nitrogen and oxygen atoms in total. The average molecular weight is 350 g/mol. The van der Waals surface area contributed by atoms with Crippen LogP contribution in [-0.4, -0.2) is 35.0 Å². The van der Waals surface area contributed by atoms with Crippen LogP contribution in [0.15, 0.2) is 42.7 Å². The summed E-state index contributed by atoms with van der Waals surface area (Å²) in [5.41, 5.74) is -0.401. The number of hydrogen-bond acceptors (Lipinski definition) is 4. The van der Waals surface area contributed by atoms with Gasteiger partial charge in [0.25, 0.3) is 5.91 Å². The number of nitrogens with zero attached hydrogens (tertiary/aromatic N) is 3. The molecule has 1 N–H and O–H groups in total. The molecule has 1 saturated heterocycles. The van der Waals surface area contributed by atoms with Gasteiger partial charge in [0.2, 0.25) is 0 Å². The first kappa shape index (κ1) is 17.2. The van der Waals surface area contributed by atoms with Crippen LogP contribution in [-0.2, 0) is 6.18 Å². The van der Waals surface area contributed by atoms with Crippen molar-refractivity contribution in [3.8, 4) is 0 Å². The summed E-state index contributed by atoms with van der Waals surface area (Å²) in [6.07, 6.45) is -0.0752. The smallest absolute Gasteiger partial charge is 0.356 e. The third-order valence-corrected chi connectivity index (χ3v) is 4.10. The minimum atomic E-state index is -4.45. The summed E-state index contributed by atoms with van der Waals surface area (Å²) in [6, 6.07) is 7.26. The number of rotatable bonds is 3. The Balaban J connectivity index is 1.58. The van der Waals surface area contributed by atoms with Gasteiger partial charge in [-0.1, -0.05) is 6.07 Å². The van der Waals surface area contributed by atoms with Crippen LogP contribution in [0.25, 0.3) is 0 Å². The fourth-order valence-electron chi connectivity index (χ4n) is 2.78. The van der Waals surface area contributed by atoms with Crippen molar-refractivity contribution >= 4 is 11.7 Å². The van der Waals surface area contributed by atoms with Gasteiger partial charge in [0, 0.05) is 31.5 Å². The summed E-state index contributed by atoms with van der Waals surface area (Å²) in [5.74, 6) is 0.121. The lowest BCUT2D eigenvalue weighted by atomic mass is 10.0. The van der Waals surface area contributed by atoms with Crippen LogP contribution in [0.1, 0.15) is 28.9 Å². The molecule has 0 radical (unpaired) electrons. The first-order chi connectivity index (χ1) is 11.9. The van der Waals surface area contributed by atoms with Gasteiger partial charge in [-0.05, 0) is 37.1 Å². The summed E-state index contributed by atoms with van der Waals surface area (Å²) in [4.78, 5) is 21.5. The van der Waals surface area contributed by atoms with Gasteiger partial charge in [-0.2, -0.15) is 13.2 Å². The molecule has 2 aromatic heterocycles. The standard InChI is InChI=1S/C17H17F3N4O/c18-17(19,20)14-4-1-5-15(23-14)24-9-6-13(7-10-24)22-16(25)12-3-2-8-21-11-12/h1-5,8,11,13H,6-7,9-10H2,(H,22,25). The van der Waals surface area contributed by atoms with Gasteiger partial charge in [0.15, 0.2) is 0 Å². The molecule has 0 aromatic carbocycles. The van der Waals surface area contributed by atoms with Crippen molar-refractivity contribution in [1.82, 2.24) is 15.3 Å². The number of piperidine rings is 1. The third kappa shape index (κ3) is 4.26. The zero-order chi connectivity index (χ0) is 17.9. The Bertz CT molecular complexity index is 728. The highest BCUT2D eigenvalue weighted by Gasteiger charge is 2.33. The molecule has 1 amide bonds. The van der Waals surface area contributed by atoms with E-state index >= 15 is 0 Å². The van der Waals surface area contributed by atoms with Gasteiger partial charge in [-0.3, -0.25) is 9.78 Å². The van der Waals surface area contributed by atoms with E-state index in [9.17, 15) is 18.0 Å². The normalized spacial score (nSPS) is 15.9. The van der Waals surface area contributed by atoms with E-state index in [4.69, 9.17) is 0 Å². The molecule has 0 unspecified atom stereocenters. The summed E-state index contributed by atoms with van der Waals surface area (Å²) < 4.78 is 38.3. The molecule has 1 aliphatic rings. The lowest BCUT2D eigenvalue weighted by Gasteiger charge is -2.33. The Morgan fingerprint density at radius 3 is 2.56 bits per heavy atom. The first-order valence-corrected chi connectivity index (χ1v) is 7.93. The SMILES string of the molecule is O=C(NC1CCN(c2cccc(C(F)(F)F)n2)CC1)c1cccnc1. The van der Waals surface area contributed by atoms with Gasteiger partial charge in [0.05, 0.1) is 5.56 Å². The summed E-state index contributed by atoms with van der Waals surface area (Å²) in [6.45, 7) is 1.07. The molecule has 0 saturated carbocycles. The van der Waals surface area contributed by atoms with E-state index in [-0.39, 0.29) is 11.9 Å². The largest absolute Gasteiger partial charge is 0.433 e. The Hall–Kier alpha value is -2.64. The van der Waals surface area contributed by atoms with Crippen molar-refractivity contribution in [3.63, 3.8) is 0 Å². The van der Waals surface area contributed by atoms with Crippen LogP contribution >= 0.6 is 0 Å². The van der Waals surface area contributed by atoms with E-state index < -0.39 is 11.9 Å². The highest BCUT2D eigenvalue weighted by Crippen LogP contribution is 2.29. The maximum absolute atomic E-state index is 12.8. The number of pyridine rings is 2. The van der Waals surface area contributed by atoms with Crippen LogP contribution in [0.2, 0.25) is 0 Å². The summed E-state index contributed by atoms with van der Waals surface area (Å²) >= 11 is 0. The lowest BCUT2D eigenvalue weighted by molar-refractivity contribution is -0.141. The number of anilines is 1. The quantitative estimate of drug-likeness (QED) is 0.925. The Morgan fingerprint density at radius 1 is 1.16 bits per heavy atom. The second-order valence-electron chi connectivity index (χ2n) is 5.86. The maximum atomic E-state index is 12.8. The number of hydrogen-bond donors (Lipinski definition) is 1. The van der Waals surface area contributed by atoms with Gasteiger partial charge in [-0.15, -0.1) is 0 Å². The number of amides is 1. The highest BCUT2D eigenvalue weighted by molar-refractivity contribution is 5.94. The number of alkyl halides is 3. The fraction of sp³-hybridized carbons (Fsp3) is 0.353. The molecular formula is C17H17F3N4O. The molecule has 1 aliphatic heterocycles. The van der Waals surface area contributed by atoms with Crippen molar-refractivity contribution in [1.29, 1.82) is 0 Å². The zero-order valence-corrected chi connectivity index (χ0v) is 13.3. The average Bonchev–Trinajstić information content (AvgIpc) is 2.62. The second kappa shape index (κ2) is 7.08. The van der Waals surface area contributed by atoms with Gasteiger partial charge >= 0.3 is 6.18 Å². The first-order valence-electron chi connectivity index (χ1n) is 7.93. The molecule has 8 heteroatoms. The van der Waals surface area contributed by atoms with E-state index in [1.165, 1.54) is 12.3 Å². The van der Waals surface area contributed by atoms with Crippen molar-refractivity contribution in [2.75, 3.05) is 18.0 Å². The van der Waals surface area contributed by atoms with Crippen LogP contribution in [0.5, 0.6) is 0 Å². The summed E-state index contributed by atoms with van der Waals surface area (Å²) in [7, 11) is 0. The van der Waals surface area contributed by atoms with Gasteiger partial charge in [-0.25, -0.2) is 4.98 Å². The molecular weight excluding hydrogens is 333 g/mol. The van der Waals surface area contributed by atoms with Crippen LogP contribution < -0.4 is 10.2 Å². The number of carbonyl (C=O) groups excluding carboxylic acids is 1. The minimum Gasteiger partial charge on any atom is -0.356 e. The van der Waals surface area contributed by atoms with E-state index in [1.807, 2.05) is 4.90 Å². The molecule has 0 bridgehead atoms. The molecule has 0 spiro atoms. The summed E-state index contributed by atoms with van der Waals surface area (Å²) in [5, 5.41) is 2.94. The van der Waals surface area contributed by atoms with Crippen molar-refractivity contribution in [3.05, 3.63) is 54.0 Å². The van der Waals surface area contributed by atoms with Crippen molar-refractivity contribution in [2.24, 2.45) is 0 Å². The molecule has 0 aliphatic carbocycles. The third-order valence-electron chi connectivity index (χ3n) is 4.10. The molecule has 1 fully saturated rings.